The quantitative estimate of drug-likeness (QED) is 0.321. The van der Waals surface area contributed by atoms with Gasteiger partial charge < -0.3 is 20.0 Å². The second-order valence-corrected chi connectivity index (χ2v) is 9.17. The van der Waals surface area contributed by atoms with E-state index in [4.69, 9.17) is 0 Å². The number of nitrogens with one attached hydrogen (secondary N) is 1. The second-order valence-electron chi connectivity index (χ2n) is 8.14. The van der Waals surface area contributed by atoms with Crippen molar-refractivity contribution in [2.24, 2.45) is 4.99 Å². The first kappa shape index (κ1) is 25.9. The number of hydrogen-bond acceptors (Lipinski definition) is 5. The van der Waals surface area contributed by atoms with Gasteiger partial charge in [0.1, 0.15) is 6.54 Å². The fourth-order valence-electron chi connectivity index (χ4n) is 3.88. The molecule has 0 bridgehead atoms. The van der Waals surface area contributed by atoms with E-state index in [-0.39, 0.29) is 48.4 Å². The summed E-state index contributed by atoms with van der Waals surface area (Å²) in [7, 11) is 5.52. The Hall–Kier alpha value is -1.40. The first-order chi connectivity index (χ1) is 14.5. The van der Waals surface area contributed by atoms with Gasteiger partial charge in [-0.05, 0) is 44.3 Å². The molecule has 0 spiro atoms. The van der Waals surface area contributed by atoms with Gasteiger partial charge in [-0.3, -0.25) is 14.5 Å². The number of rotatable bonds is 6. The lowest BCUT2D eigenvalue weighted by Crippen LogP contribution is -2.56. The monoisotopic (exact) mass is 562 g/mol. The van der Waals surface area contributed by atoms with Gasteiger partial charge in [0.2, 0.25) is 11.8 Å². The Labute approximate surface area is 206 Å². The van der Waals surface area contributed by atoms with Gasteiger partial charge >= 0.3 is 0 Å². The zero-order valence-corrected chi connectivity index (χ0v) is 21.9. The number of carbonyl (C=O) groups excluding carboxylic acids is 2. The molecule has 0 aromatic carbocycles. The predicted molar refractivity (Wildman–Crippen MR) is 136 cm³/mol. The highest BCUT2D eigenvalue weighted by Gasteiger charge is 2.33. The van der Waals surface area contributed by atoms with Gasteiger partial charge in [-0.2, -0.15) is 0 Å². The molecular formula is C21H35IN6O2S. The molecule has 0 radical (unpaired) electrons. The highest BCUT2D eigenvalue weighted by atomic mass is 127. The van der Waals surface area contributed by atoms with Crippen LogP contribution in [-0.2, 0) is 16.0 Å². The lowest BCUT2D eigenvalue weighted by molar-refractivity contribution is -0.136. The summed E-state index contributed by atoms with van der Waals surface area (Å²) in [5, 5.41) is 5.51. The molecule has 2 aliphatic heterocycles. The van der Waals surface area contributed by atoms with E-state index in [2.05, 4.69) is 37.6 Å². The molecule has 2 amide bonds. The molecule has 3 heterocycles. The third kappa shape index (κ3) is 7.31. The fraction of sp³-hybridized carbons (Fsp3) is 0.667. The summed E-state index contributed by atoms with van der Waals surface area (Å²) in [6, 6.07) is 4.22. The summed E-state index contributed by atoms with van der Waals surface area (Å²) >= 11 is 1.75. The number of guanidine groups is 1. The Balaban J connectivity index is 0.00000341. The van der Waals surface area contributed by atoms with Crippen molar-refractivity contribution in [3.8, 4) is 0 Å². The molecule has 2 saturated heterocycles. The molecule has 1 aromatic heterocycles. The van der Waals surface area contributed by atoms with Gasteiger partial charge in [0, 0.05) is 51.7 Å². The Bertz CT molecular complexity index is 734. The van der Waals surface area contributed by atoms with Crippen LogP contribution in [-0.4, -0.2) is 110 Å². The zero-order chi connectivity index (χ0) is 21.5. The van der Waals surface area contributed by atoms with E-state index in [9.17, 15) is 9.59 Å². The summed E-state index contributed by atoms with van der Waals surface area (Å²) in [4.78, 5) is 38.7. The Morgan fingerprint density at radius 3 is 2.48 bits per heavy atom. The van der Waals surface area contributed by atoms with Gasteiger partial charge in [-0.25, -0.2) is 4.99 Å². The van der Waals surface area contributed by atoms with Crippen LogP contribution in [0.25, 0.3) is 0 Å². The number of aliphatic imine (C=N–C) groups is 1. The average Bonchev–Trinajstić information content (AvgIpc) is 3.41. The number of piperazine rings is 1. The first-order valence-corrected chi connectivity index (χ1v) is 11.6. The van der Waals surface area contributed by atoms with Crippen LogP contribution >= 0.6 is 35.3 Å². The van der Waals surface area contributed by atoms with Gasteiger partial charge in [0.25, 0.3) is 0 Å². The first-order valence-electron chi connectivity index (χ1n) is 10.7. The maximum absolute atomic E-state index is 12.9. The molecule has 0 saturated carbocycles. The van der Waals surface area contributed by atoms with Crippen LogP contribution in [0.4, 0.5) is 0 Å². The van der Waals surface area contributed by atoms with Gasteiger partial charge in [-0.15, -0.1) is 35.3 Å². The topological polar surface area (TPSA) is 71.5 Å². The lowest BCUT2D eigenvalue weighted by atomic mass is 10.1. The van der Waals surface area contributed by atoms with Crippen LogP contribution in [0, 0.1) is 0 Å². The number of halogens is 1. The molecule has 3 rings (SSSR count). The fourth-order valence-corrected chi connectivity index (χ4v) is 4.58. The number of thiophene rings is 1. The predicted octanol–water partition coefficient (Wildman–Crippen LogP) is 1.18. The average molecular weight is 563 g/mol. The number of nitrogens with zero attached hydrogens (tertiary/aromatic N) is 5. The van der Waals surface area contributed by atoms with Crippen molar-refractivity contribution >= 4 is 53.1 Å². The van der Waals surface area contributed by atoms with Crippen molar-refractivity contribution in [1.82, 2.24) is 24.9 Å². The highest BCUT2D eigenvalue weighted by Crippen LogP contribution is 2.18. The van der Waals surface area contributed by atoms with Crippen LogP contribution in [0.3, 0.4) is 0 Å². The van der Waals surface area contributed by atoms with Crippen molar-refractivity contribution in [2.45, 2.75) is 25.3 Å². The van der Waals surface area contributed by atoms with E-state index in [1.165, 1.54) is 4.88 Å². The Kier molecular flexibility index (Phi) is 10.5. The summed E-state index contributed by atoms with van der Waals surface area (Å²) in [6.45, 7) is 4.72. The van der Waals surface area contributed by atoms with Crippen LogP contribution < -0.4 is 5.32 Å². The maximum atomic E-state index is 12.9. The normalized spacial score (nSPS) is 19.8. The molecular weight excluding hydrogens is 527 g/mol. The zero-order valence-electron chi connectivity index (χ0n) is 18.7. The summed E-state index contributed by atoms with van der Waals surface area (Å²) < 4.78 is 0. The number of likely N-dealkylation sites (tertiary alicyclic amines) is 1. The minimum Gasteiger partial charge on any atom is -0.356 e. The molecule has 1 aromatic rings. The number of hydrogen-bond donors (Lipinski definition) is 1. The lowest BCUT2D eigenvalue weighted by Gasteiger charge is -2.38. The van der Waals surface area contributed by atoms with E-state index in [1.54, 1.807) is 30.3 Å². The number of likely N-dealkylation sites (N-methyl/N-ethyl adjacent to an activating group) is 2. The van der Waals surface area contributed by atoms with Gasteiger partial charge in [0.15, 0.2) is 5.96 Å². The van der Waals surface area contributed by atoms with Gasteiger partial charge in [-0.1, -0.05) is 6.07 Å². The highest BCUT2D eigenvalue weighted by molar-refractivity contribution is 14.0. The molecule has 0 aliphatic carbocycles. The van der Waals surface area contributed by atoms with Crippen LogP contribution in [0.5, 0.6) is 0 Å². The molecule has 10 heteroatoms. The summed E-state index contributed by atoms with van der Waals surface area (Å²) in [6.07, 6.45) is 2.97. The van der Waals surface area contributed by atoms with E-state index < -0.39 is 0 Å². The second kappa shape index (κ2) is 12.6. The van der Waals surface area contributed by atoms with Crippen molar-refractivity contribution in [2.75, 3.05) is 67.0 Å². The molecule has 1 N–H and O–H groups in total. The third-order valence-electron chi connectivity index (χ3n) is 5.79. The molecule has 174 valence electrons. The van der Waals surface area contributed by atoms with Crippen molar-refractivity contribution in [1.29, 1.82) is 0 Å². The SMILES string of the molecule is CN(C)C(=O)CN=C(NCCc1cccs1)N1CCN(C(=O)C2CCCN2C)CC1.I. The third-order valence-corrected chi connectivity index (χ3v) is 6.73. The van der Waals surface area contributed by atoms with E-state index >= 15 is 0 Å². The van der Waals surface area contributed by atoms with Crippen LogP contribution in [0.1, 0.15) is 17.7 Å². The smallest absolute Gasteiger partial charge is 0.243 e. The van der Waals surface area contributed by atoms with E-state index in [0.29, 0.717) is 13.1 Å². The molecule has 8 nitrogen and oxygen atoms in total. The molecule has 2 fully saturated rings. The molecule has 31 heavy (non-hydrogen) atoms. The van der Waals surface area contributed by atoms with Crippen molar-refractivity contribution < 1.29 is 9.59 Å². The molecule has 1 unspecified atom stereocenters. The minimum absolute atomic E-state index is 0. The minimum atomic E-state index is -0.0226. The number of amides is 2. The largest absolute Gasteiger partial charge is 0.356 e. The van der Waals surface area contributed by atoms with Crippen molar-refractivity contribution in [3.63, 3.8) is 0 Å². The van der Waals surface area contributed by atoms with Gasteiger partial charge in [0.05, 0.1) is 6.04 Å². The standard InChI is InChI=1S/C21H34N6O2S.HI/c1-24(2)19(28)16-23-21(22-9-8-17-6-5-15-30-17)27-13-11-26(12-14-27)20(29)18-7-4-10-25(18)3;/h5-6,15,18H,4,7-14,16H2,1-3H3,(H,22,23);1H. The Morgan fingerprint density at radius 2 is 1.90 bits per heavy atom. The van der Waals surface area contributed by atoms with E-state index in [0.717, 1.165) is 51.4 Å². The molecule has 2 aliphatic rings. The van der Waals surface area contributed by atoms with Crippen LogP contribution in [0.2, 0.25) is 0 Å². The van der Waals surface area contributed by atoms with Crippen LogP contribution in [0.15, 0.2) is 22.5 Å². The van der Waals surface area contributed by atoms with E-state index in [1.807, 2.05) is 11.9 Å². The molecule has 1 atom stereocenters. The maximum Gasteiger partial charge on any atom is 0.243 e. The summed E-state index contributed by atoms with van der Waals surface area (Å²) in [5.41, 5.74) is 0. The number of carbonyl (C=O) groups is 2. The summed E-state index contributed by atoms with van der Waals surface area (Å²) in [5.74, 6) is 0.985. The Morgan fingerprint density at radius 1 is 1.19 bits per heavy atom. The van der Waals surface area contributed by atoms with Crippen molar-refractivity contribution in [3.05, 3.63) is 22.4 Å².